The molecule has 0 aliphatic carbocycles. The Morgan fingerprint density at radius 3 is 2.51 bits per heavy atom. The molecular formula is C27H17ClF2N4O3. The summed E-state index contributed by atoms with van der Waals surface area (Å²) in [7, 11) is 0. The summed E-state index contributed by atoms with van der Waals surface area (Å²) in [5.41, 5.74) is 0.489. The number of pyridine rings is 2. The van der Waals surface area contributed by atoms with Crippen molar-refractivity contribution >= 4 is 28.3 Å². The number of halogens is 3. The zero-order valence-corrected chi connectivity index (χ0v) is 20.0. The van der Waals surface area contributed by atoms with Crippen LogP contribution in [0.1, 0.15) is 21.7 Å². The molecule has 0 bridgehead atoms. The highest BCUT2D eigenvalue weighted by Gasteiger charge is 2.18. The Kier molecular flexibility index (Phi) is 6.45. The Labute approximate surface area is 214 Å². The van der Waals surface area contributed by atoms with Crippen LogP contribution >= 0.6 is 11.6 Å². The van der Waals surface area contributed by atoms with Gasteiger partial charge in [0, 0.05) is 24.2 Å². The maximum absolute atomic E-state index is 14.9. The first kappa shape index (κ1) is 24.2. The minimum absolute atomic E-state index is 0.0627. The standard InChI is InChI=1S/C27H17ClF2N4O3/c1-15-32-13-20(27(36)34(15)18-5-3-17(29)4-6-18)23(35)11-16-2-7-25(21(30)10-16)37-24-8-9-31-22-14-33-26(28)12-19(22)24/h2-10,12-14H,11H2,1H3. The lowest BCUT2D eigenvalue weighted by atomic mass is 10.0. The van der Waals surface area contributed by atoms with E-state index in [1.807, 2.05) is 0 Å². The Bertz CT molecular complexity index is 1720. The molecule has 0 saturated carbocycles. The third kappa shape index (κ3) is 4.94. The van der Waals surface area contributed by atoms with Crippen LogP contribution in [-0.4, -0.2) is 25.3 Å². The number of aromatic nitrogens is 4. The van der Waals surface area contributed by atoms with E-state index in [9.17, 15) is 18.4 Å². The van der Waals surface area contributed by atoms with E-state index < -0.39 is 23.0 Å². The number of fused-ring (bicyclic) bond motifs is 1. The fraction of sp³-hybridized carbons (Fsp3) is 0.0741. The van der Waals surface area contributed by atoms with Crippen molar-refractivity contribution in [3.05, 3.63) is 117 Å². The number of aryl methyl sites for hydroxylation is 1. The van der Waals surface area contributed by atoms with Crippen molar-refractivity contribution in [2.45, 2.75) is 13.3 Å². The van der Waals surface area contributed by atoms with E-state index in [1.54, 1.807) is 19.1 Å². The monoisotopic (exact) mass is 518 g/mol. The molecule has 0 aliphatic heterocycles. The number of nitrogens with zero attached hydrogens (tertiary/aromatic N) is 4. The van der Waals surface area contributed by atoms with Crippen LogP contribution in [0, 0.1) is 18.6 Å². The Balaban J connectivity index is 1.40. The lowest BCUT2D eigenvalue weighted by Gasteiger charge is -2.12. The molecule has 184 valence electrons. The Morgan fingerprint density at radius 2 is 1.76 bits per heavy atom. The number of hydrogen-bond donors (Lipinski definition) is 0. The number of rotatable bonds is 6. The first-order chi connectivity index (χ1) is 17.8. The van der Waals surface area contributed by atoms with Gasteiger partial charge in [-0.25, -0.2) is 18.7 Å². The van der Waals surface area contributed by atoms with Crippen LogP contribution in [0.15, 0.2) is 78.0 Å². The maximum Gasteiger partial charge on any atom is 0.268 e. The van der Waals surface area contributed by atoms with Gasteiger partial charge in [-0.1, -0.05) is 17.7 Å². The fourth-order valence-corrected chi connectivity index (χ4v) is 4.00. The number of benzene rings is 2. The third-order valence-corrected chi connectivity index (χ3v) is 5.86. The zero-order valence-electron chi connectivity index (χ0n) is 19.3. The van der Waals surface area contributed by atoms with Gasteiger partial charge >= 0.3 is 0 Å². The van der Waals surface area contributed by atoms with Crippen molar-refractivity contribution in [3.63, 3.8) is 0 Å². The molecule has 10 heteroatoms. The molecule has 5 aromatic rings. The van der Waals surface area contributed by atoms with Crippen LogP contribution in [0.3, 0.4) is 0 Å². The van der Waals surface area contributed by atoms with E-state index >= 15 is 0 Å². The van der Waals surface area contributed by atoms with Crippen molar-refractivity contribution in [2.24, 2.45) is 0 Å². The van der Waals surface area contributed by atoms with Gasteiger partial charge in [0.05, 0.1) is 17.4 Å². The molecule has 0 radical (unpaired) electrons. The second-order valence-corrected chi connectivity index (χ2v) is 8.52. The Morgan fingerprint density at radius 1 is 0.973 bits per heavy atom. The van der Waals surface area contributed by atoms with E-state index in [0.29, 0.717) is 33.7 Å². The summed E-state index contributed by atoms with van der Waals surface area (Å²) in [6.07, 6.45) is 3.95. The van der Waals surface area contributed by atoms with E-state index in [-0.39, 0.29) is 22.9 Å². The molecule has 2 aromatic carbocycles. The van der Waals surface area contributed by atoms with Gasteiger partial charge in [-0.05, 0) is 61.0 Å². The van der Waals surface area contributed by atoms with Gasteiger partial charge in [0.1, 0.15) is 28.1 Å². The van der Waals surface area contributed by atoms with E-state index in [2.05, 4.69) is 15.0 Å². The summed E-state index contributed by atoms with van der Waals surface area (Å²) in [5.74, 6) is -1.08. The summed E-state index contributed by atoms with van der Waals surface area (Å²) >= 11 is 5.97. The van der Waals surface area contributed by atoms with Crippen LogP contribution in [0.5, 0.6) is 11.5 Å². The lowest BCUT2D eigenvalue weighted by Crippen LogP contribution is -2.28. The molecule has 0 atom stereocenters. The summed E-state index contributed by atoms with van der Waals surface area (Å²) in [5, 5.41) is 0.800. The lowest BCUT2D eigenvalue weighted by molar-refractivity contribution is 0.0990. The summed E-state index contributed by atoms with van der Waals surface area (Å²) in [6.45, 7) is 1.60. The van der Waals surface area contributed by atoms with Gasteiger partial charge in [0.15, 0.2) is 17.3 Å². The van der Waals surface area contributed by atoms with Crippen LogP contribution in [0.2, 0.25) is 5.15 Å². The van der Waals surface area contributed by atoms with Gasteiger partial charge in [-0.15, -0.1) is 0 Å². The Hall–Kier alpha value is -4.50. The molecule has 0 amide bonds. The molecule has 0 aliphatic rings. The fourth-order valence-electron chi connectivity index (χ4n) is 3.85. The normalized spacial score (nSPS) is 11.0. The van der Waals surface area contributed by atoms with Crippen molar-refractivity contribution < 1.29 is 18.3 Å². The predicted octanol–water partition coefficient (Wildman–Crippen LogP) is 5.63. The molecule has 0 fully saturated rings. The number of Topliss-reactive ketones (excluding diaryl/α,β-unsaturated/α-hetero) is 1. The molecule has 3 heterocycles. The average molecular weight is 519 g/mol. The van der Waals surface area contributed by atoms with Crippen molar-refractivity contribution in [2.75, 3.05) is 0 Å². The number of ketones is 1. The summed E-state index contributed by atoms with van der Waals surface area (Å²) < 4.78 is 35.2. The van der Waals surface area contributed by atoms with Gasteiger partial charge in [0.25, 0.3) is 5.56 Å². The second-order valence-electron chi connectivity index (χ2n) is 8.14. The number of carbonyl (C=O) groups is 1. The third-order valence-electron chi connectivity index (χ3n) is 5.66. The molecule has 0 saturated heterocycles. The summed E-state index contributed by atoms with van der Waals surface area (Å²) in [6, 6.07) is 12.5. The molecule has 7 nitrogen and oxygen atoms in total. The topological polar surface area (TPSA) is 87.0 Å². The molecule has 0 unspecified atom stereocenters. The van der Waals surface area contributed by atoms with E-state index in [0.717, 1.165) is 0 Å². The number of carbonyl (C=O) groups excluding carboxylic acids is 1. The van der Waals surface area contributed by atoms with Crippen molar-refractivity contribution in [3.8, 4) is 17.2 Å². The smallest absolute Gasteiger partial charge is 0.268 e. The van der Waals surface area contributed by atoms with Gasteiger partial charge in [-0.3, -0.25) is 19.1 Å². The van der Waals surface area contributed by atoms with Crippen LogP contribution in [0.4, 0.5) is 8.78 Å². The average Bonchev–Trinajstić information content (AvgIpc) is 2.87. The molecule has 3 aromatic heterocycles. The molecular weight excluding hydrogens is 502 g/mol. The SMILES string of the molecule is Cc1ncc(C(=O)Cc2ccc(Oc3ccnc4cnc(Cl)cc34)c(F)c2)c(=O)n1-c1ccc(F)cc1. The van der Waals surface area contributed by atoms with Crippen LogP contribution < -0.4 is 10.3 Å². The van der Waals surface area contributed by atoms with E-state index in [4.69, 9.17) is 16.3 Å². The highest BCUT2D eigenvalue weighted by Crippen LogP contribution is 2.31. The first-order valence-electron chi connectivity index (χ1n) is 11.0. The van der Waals surface area contributed by atoms with Crippen LogP contribution in [0.25, 0.3) is 16.6 Å². The van der Waals surface area contributed by atoms with Crippen molar-refractivity contribution in [1.82, 2.24) is 19.5 Å². The molecule has 0 N–H and O–H groups in total. The summed E-state index contributed by atoms with van der Waals surface area (Å²) in [4.78, 5) is 38.3. The number of ether oxygens (including phenoxy) is 1. The largest absolute Gasteiger partial charge is 0.454 e. The van der Waals surface area contributed by atoms with E-state index in [1.165, 1.54) is 65.6 Å². The minimum Gasteiger partial charge on any atom is -0.454 e. The quantitative estimate of drug-likeness (QED) is 0.214. The maximum atomic E-state index is 14.9. The highest BCUT2D eigenvalue weighted by molar-refractivity contribution is 6.30. The minimum atomic E-state index is -0.693. The van der Waals surface area contributed by atoms with Gasteiger partial charge in [-0.2, -0.15) is 0 Å². The van der Waals surface area contributed by atoms with Gasteiger partial charge < -0.3 is 4.74 Å². The molecule has 5 rings (SSSR count). The number of hydrogen-bond acceptors (Lipinski definition) is 6. The molecule has 0 spiro atoms. The zero-order chi connectivity index (χ0) is 26.1. The van der Waals surface area contributed by atoms with Crippen molar-refractivity contribution in [1.29, 1.82) is 0 Å². The van der Waals surface area contributed by atoms with Gasteiger partial charge in [0.2, 0.25) is 0 Å². The predicted molar refractivity (Wildman–Crippen MR) is 134 cm³/mol. The second kappa shape index (κ2) is 9.87. The van der Waals surface area contributed by atoms with Crippen LogP contribution in [-0.2, 0) is 6.42 Å². The highest BCUT2D eigenvalue weighted by atomic mass is 35.5. The molecule has 37 heavy (non-hydrogen) atoms. The first-order valence-corrected chi connectivity index (χ1v) is 11.4.